The Labute approximate surface area is 144 Å². The molecule has 1 aromatic heterocycles. The number of benzene rings is 2. The van der Waals surface area contributed by atoms with E-state index in [9.17, 15) is 0 Å². The summed E-state index contributed by atoms with van der Waals surface area (Å²) in [5.41, 5.74) is 2.47. The number of hydrogen-bond acceptors (Lipinski definition) is 4. The van der Waals surface area contributed by atoms with E-state index in [1.807, 2.05) is 17.8 Å². The first-order chi connectivity index (χ1) is 11.3. The van der Waals surface area contributed by atoms with Gasteiger partial charge in [-0.1, -0.05) is 42.1 Å². The van der Waals surface area contributed by atoms with Crippen LogP contribution in [0.4, 0.5) is 5.69 Å². The van der Waals surface area contributed by atoms with Gasteiger partial charge >= 0.3 is 0 Å². The quantitative estimate of drug-likeness (QED) is 0.611. The van der Waals surface area contributed by atoms with Crippen LogP contribution in [-0.2, 0) is 0 Å². The Hall–Kier alpha value is -1.78. The maximum Gasteiger partial charge on any atom is 0.117 e. The Kier molecular flexibility index (Phi) is 4.10. The van der Waals surface area contributed by atoms with Gasteiger partial charge in [0.25, 0.3) is 0 Å². The lowest BCUT2D eigenvalue weighted by molar-refractivity contribution is 0.788. The Bertz CT molecular complexity index is 820. The number of para-hydroxylation sites is 2. The highest BCUT2D eigenvalue weighted by Crippen LogP contribution is 2.44. The molecule has 0 saturated carbocycles. The smallest absolute Gasteiger partial charge is 0.117 e. The van der Waals surface area contributed by atoms with Gasteiger partial charge in [-0.3, -0.25) is 0 Å². The van der Waals surface area contributed by atoms with Crippen molar-refractivity contribution in [2.24, 2.45) is 0 Å². The minimum Gasteiger partial charge on any atom is -0.358 e. The molecule has 0 amide bonds. The summed E-state index contributed by atoms with van der Waals surface area (Å²) in [6, 6.07) is 17.0. The second kappa shape index (κ2) is 6.38. The van der Waals surface area contributed by atoms with E-state index in [1.54, 1.807) is 11.3 Å². The zero-order valence-electron chi connectivity index (χ0n) is 13.0. The monoisotopic (exact) mass is 338 g/mol. The van der Waals surface area contributed by atoms with E-state index in [-0.39, 0.29) is 0 Å². The van der Waals surface area contributed by atoms with Crippen LogP contribution in [0.25, 0.3) is 16.3 Å². The fourth-order valence-electron chi connectivity index (χ4n) is 2.96. The number of thioether (sulfide) groups is 1. The van der Waals surface area contributed by atoms with Crippen molar-refractivity contribution in [2.75, 3.05) is 11.4 Å². The van der Waals surface area contributed by atoms with Gasteiger partial charge in [0.05, 0.1) is 21.3 Å². The van der Waals surface area contributed by atoms with Crippen molar-refractivity contribution in [3.63, 3.8) is 0 Å². The van der Waals surface area contributed by atoms with E-state index in [0.29, 0.717) is 5.37 Å². The Morgan fingerprint density at radius 1 is 1.13 bits per heavy atom. The molecule has 2 nitrogen and oxygen atoms in total. The van der Waals surface area contributed by atoms with Gasteiger partial charge in [0, 0.05) is 11.4 Å². The molecule has 4 heteroatoms. The maximum absolute atomic E-state index is 4.67. The average molecular weight is 339 g/mol. The zero-order chi connectivity index (χ0) is 15.6. The minimum absolute atomic E-state index is 0.489. The van der Waals surface area contributed by atoms with Crippen molar-refractivity contribution in [1.29, 1.82) is 0 Å². The molecule has 1 aliphatic rings. The van der Waals surface area contributed by atoms with Gasteiger partial charge in [-0.25, -0.2) is 4.98 Å². The summed E-state index contributed by atoms with van der Waals surface area (Å²) in [4.78, 5) is 8.55. The highest BCUT2D eigenvalue weighted by Gasteiger charge is 2.27. The molecule has 2 heterocycles. The first-order valence-corrected chi connectivity index (χ1v) is 9.59. The van der Waals surface area contributed by atoms with Crippen LogP contribution in [0.1, 0.15) is 18.4 Å². The van der Waals surface area contributed by atoms with Crippen molar-refractivity contribution in [3.05, 3.63) is 59.6 Å². The van der Waals surface area contributed by atoms with Crippen LogP contribution >= 0.6 is 23.1 Å². The average Bonchev–Trinajstić information content (AvgIpc) is 3.14. The normalized spacial score (nSPS) is 17.3. The van der Waals surface area contributed by atoms with Crippen LogP contribution in [0.3, 0.4) is 0 Å². The van der Waals surface area contributed by atoms with Crippen molar-refractivity contribution < 1.29 is 0 Å². The third-order valence-corrected chi connectivity index (χ3v) is 6.35. The van der Waals surface area contributed by atoms with E-state index >= 15 is 0 Å². The molecule has 116 valence electrons. The summed E-state index contributed by atoms with van der Waals surface area (Å²) in [5, 5.41) is 1.58. The second-order valence-corrected chi connectivity index (χ2v) is 7.77. The van der Waals surface area contributed by atoms with E-state index in [1.165, 1.54) is 15.3 Å². The summed E-state index contributed by atoms with van der Waals surface area (Å²) in [7, 11) is 0. The molecule has 0 radical (unpaired) electrons. The first kappa shape index (κ1) is 14.8. The van der Waals surface area contributed by atoms with Gasteiger partial charge < -0.3 is 4.90 Å². The molecule has 0 saturated heterocycles. The second-order valence-electron chi connectivity index (χ2n) is 5.48. The molecule has 23 heavy (non-hydrogen) atoms. The molecule has 0 N–H and O–H groups in total. The lowest BCUT2D eigenvalue weighted by Gasteiger charge is -2.23. The zero-order valence-corrected chi connectivity index (χ0v) is 14.6. The van der Waals surface area contributed by atoms with Crippen LogP contribution < -0.4 is 4.90 Å². The molecular formula is C19H18N2S2. The highest BCUT2D eigenvalue weighted by molar-refractivity contribution is 8.00. The minimum atomic E-state index is 0.489. The topological polar surface area (TPSA) is 16.1 Å². The Morgan fingerprint density at radius 3 is 2.83 bits per heavy atom. The first-order valence-electron chi connectivity index (χ1n) is 7.89. The van der Waals surface area contributed by atoms with E-state index in [2.05, 4.69) is 71.4 Å². The summed E-state index contributed by atoms with van der Waals surface area (Å²) in [5.74, 6) is 0. The molecule has 1 atom stereocenters. The summed E-state index contributed by atoms with van der Waals surface area (Å²) < 4.78 is 1.25. The number of thiazole rings is 1. The van der Waals surface area contributed by atoms with Gasteiger partial charge in [0.1, 0.15) is 5.01 Å². The lowest BCUT2D eigenvalue weighted by atomic mass is 10.2. The molecule has 1 aliphatic heterocycles. The van der Waals surface area contributed by atoms with E-state index in [0.717, 1.165) is 23.5 Å². The van der Waals surface area contributed by atoms with Crippen molar-refractivity contribution >= 4 is 45.1 Å². The SMILES string of the molecule is CCN1c2ccccc2SC1C/C=C/c1nc2ccccc2s1. The van der Waals surface area contributed by atoms with E-state index < -0.39 is 0 Å². The van der Waals surface area contributed by atoms with Crippen LogP contribution in [0, 0.1) is 0 Å². The number of aromatic nitrogens is 1. The van der Waals surface area contributed by atoms with Crippen molar-refractivity contribution in [2.45, 2.75) is 23.6 Å². The number of anilines is 1. The van der Waals surface area contributed by atoms with Gasteiger partial charge in [0.2, 0.25) is 0 Å². The lowest BCUT2D eigenvalue weighted by Crippen LogP contribution is -2.28. The van der Waals surface area contributed by atoms with Gasteiger partial charge in [-0.05, 0) is 43.7 Å². The molecule has 4 rings (SSSR count). The summed E-state index contributed by atoms with van der Waals surface area (Å²) in [6.07, 6.45) is 5.47. The molecule has 0 fully saturated rings. The number of nitrogens with zero attached hydrogens (tertiary/aromatic N) is 2. The van der Waals surface area contributed by atoms with Crippen LogP contribution in [0.15, 0.2) is 59.5 Å². The molecule has 2 aromatic carbocycles. The van der Waals surface area contributed by atoms with Crippen molar-refractivity contribution in [3.8, 4) is 0 Å². The third kappa shape index (κ3) is 2.89. The molecule has 0 spiro atoms. The molecule has 3 aromatic rings. The molecule has 1 unspecified atom stereocenters. The highest BCUT2D eigenvalue weighted by atomic mass is 32.2. The van der Waals surface area contributed by atoms with Crippen LogP contribution in [0.5, 0.6) is 0 Å². The fourth-order valence-corrected chi connectivity index (χ4v) is 5.21. The van der Waals surface area contributed by atoms with Gasteiger partial charge in [-0.15, -0.1) is 11.3 Å². The largest absolute Gasteiger partial charge is 0.358 e. The molecule has 0 aliphatic carbocycles. The Morgan fingerprint density at radius 2 is 1.96 bits per heavy atom. The van der Waals surface area contributed by atoms with Gasteiger partial charge in [-0.2, -0.15) is 0 Å². The fraction of sp³-hybridized carbons (Fsp3) is 0.211. The third-order valence-electron chi connectivity index (χ3n) is 4.03. The molecular weight excluding hydrogens is 320 g/mol. The predicted octanol–water partition coefficient (Wildman–Crippen LogP) is 5.66. The number of fused-ring (bicyclic) bond motifs is 2. The standard InChI is InChI=1S/C19H18N2S2/c1-2-21-15-9-4-6-11-17(15)23-19(21)13-7-12-18-20-14-8-3-5-10-16(14)22-18/h3-12,19H,2,13H2,1H3/b12-7+. The summed E-state index contributed by atoms with van der Waals surface area (Å²) >= 11 is 3.72. The number of rotatable bonds is 4. The van der Waals surface area contributed by atoms with E-state index in [4.69, 9.17) is 0 Å². The van der Waals surface area contributed by atoms with Crippen LogP contribution in [-0.4, -0.2) is 16.9 Å². The van der Waals surface area contributed by atoms with Gasteiger partial charge in [0.15, 0.2) is 0 Å². The van der Waals surface area contributed by atoms with Crippen LogP contribution in [0.2, 0.25) is 0 Å². The molecule has 0 bridgehead atoms. The van der Waals surface area contributed by atoms with Crippen molar-refractivity contribution in [1.82, 2.24) is 4.98 Å². The number of hydrogen-bond donors (Lipinski definition) is 0. The summed E-state index contributed by atoms with van der Waals surface area (Å²) in [6.45, 7) is 3.27. The predicted molar refractivity (Wildman–Crippen MR) is 102 cm³/mol. The Balaban J connectivity index is 1.48. The maximum atomic E-state index is 4.67.